The second kappa shape index (κ2) is 6.23. The second-order valence-corrected chi connectivity index (χ2v) is 4.35. The van der Waals surface area contributed by atoms with Gasteiger partial charge in [0, 0.05) is 18.6 Å². The number of likely N-dealkylation sites (N-methyl/N-ethyl adjacent to an activating group) is 1. The smallest absolute Gasteiger partial charge is 0.152 e. The molecule has 2 atom stereocenters. The summed E-state index contributed by atoms with van der Waals surface area (Å²) in [5.41, 5.74) is 0. The molecule has 0 aromatic heterocycles. The molecule has 1 rings (SSSR count). The molecule has 1 aliphatic rings. The third-order valence-electron chi connectivity index (χ3n) is 3.36. The first-order chi connectivity index (χ1) is 7.19. The Morgan fingerprint density at radius 2 is 2.27 bits per heavy atom. The van der Waals surface area contributed by atoms with Gasteiger partial charge in [-0.2, -0.15) is 0 Å². The number of hydrogen-bond acceptors (Lipinski definition) is 3. The van der Waals surface area contributed by atoms with Crippen molar-refractivity contribution in [3.8, 4) is 0 Å². The van der Waals surface area contributed by atoms with Crippen LogP contribution in [-0.4, -0.2) is 43.0 Å². The van der Waals surface area contributed by atoms with Gasteiger partial charge in [0.2, 0.25) is 0 Å². The van der Waals surface area contributed by atoms with Gasteiger partial charge in [-0.05, 0) is 26.3 Å². The maximum absolute atomic E-state index is 11.9. The van der Waals surface area contributed by atoms with Crippen molar-refractivity contribution in [2.75, 3.05) is 26.3 Å². The van der Waals surface area contributed by atoms with Gasteiger partial charge in [-0.3, -0.25) is 9.69 Å². The van der Waals surface area contributed by atoms with Crippen LogP contribution >= 0.6 is 0 Å². The van der Waals surface area contributed by atoms with Crippen molar-refractivity contribution in [3.63, 3.8) is 0 Å². The lowest BCUT2D eigenvalue weighted by molar-refractivity contribution is -0.124. The first kappa shape index (κ1) is 12.7. The maximum Gasteiger partial charge on any atom is 0.152 e. The largest absolute Gasteiger partial charge is 0.381 e. The highest BCUT2D eigenvalue weighted by Crippen LogP contribution is 2.15. The summed E-state index contributed by atoms with van der Waals surface area (Å²) >= 11 is 0. The number of ketones is 1. The molecule has 3 heteroatoms. The third-order valence-corrected chi connectivity index (χ3v) is 3.36. The minimum atomic E-state index is 0.156. The lowest BCUT2D eigenvalue weighted by atomic mass is 10.0. The van der Waals surface area contributed by atoms with E-state index in [1.165, 1.54) is 0 Å². The quantitative estimate of drug-likeness (QED) is 0.672. The van der Waals surface area contributed by atoms with Gasteiger partial charge in [-0.25, -0.2) is 0 Å². The Hall–Kier alpha value is -0.410. The van der Waals surface area contributed by atoms with Crippen LogP contribution < -0.4 is 0 Å². The molecule has 0 aliphatic carbocycles. The number of ether oxygens (including phenoxy) is 1. The molecule has 2 unspecified atom stereocenters. The molecular weight excluding hydrogens is 190 g/mol. The summed E-state index contributed by atoms with van der Waals surface area (Å²) in [6, 6.07) is 0.501. The van der Waals surface area contributed by atoms with Gasteiger partial charge in [-0.15, -0.1) is 0 Å². The zero-order valence-electron chi connectivity index (χ0n) is 10.2. The average molecular weight is 213 g/mol. The maximum atomic E-state index is 11.9. The molecule has 0 radical (unpaired) electrons. The normalized spacial score (nSPS) is 23.3. The van der Waals surface area contributed by atoms with Crippen LogP contribution in [0.15, 0.2) is 0 Å². The topological polar surface area (TPSA) is 29.5 Å². The lowest BCUT2D eigenvalue weighted by Gasteiger charge is -2.26. The fourth-order valence-corrected chi connectivity index (χ4v) is 1.96. The Balaban J connectivity index is 2.39. The van der Waals surface area contributed by atoms with E-state index >= 15 is 0 Å². The third kappa shape index (κ3) is 3.58. The van der Waals surface area contributed by atoms with E-state index in [-0.39, 0.29) is 5.92 Å². The summed E-state index contributed by atoms with van der Waals surface area (Å²) < 4.78 is 5.24. The zero-order chi connectivity index (χ0) is 11.3. The van der Waals surface area contributed by atoms with Crippen LogP contribution in [0.5, 0.6) is 0 Å². The van der Waals surface area contributed by atoms with Crippen molar-refractivity contribution in [3.05, 3.63) is 0 Å². The molecule has 0 spiro atoms. The van der Waals surface area contributed by atoms with Gasteiger partial charge in [0.15, 0.2) is 5.78 Å². The van der Waals surface area contributed by atoms with Crippen molar-refractivity contribution in [2.24, 2.45) is 5.92 Å². The Kier molecular flexibility index (Phi) is 5.26. The predicted molar refractivity (Wildman–Crippen MR) is 60.9 cm³/mol. The van der Waals surface area contributed by atoms with E-state index in [0.29, 0.717) is 25.0 Å². The van der Waals surface area contributed by atoms with Crippen LogP contribution in [0.25, 0.3) is 0 Å². The van der Waals surface area contributed by atoms with Crippen molar-refractivity contribution in [2.45, 2.75) is 39.7 Å². The van der Waals surface area contributed by atoms with Gasteiger partial charge in [-0.1, -0.05) is 13.8 Å². The SMILES string of the molecule is CCC(C)N(CC)CC(=O)C1CCOC1. The average Bonchev–Trinajstić information content (AvgIpc) is 2.77. The summed E-state index contributed by atoms with van der Waals surface area (Å²) in [4.78, 5) is 14.2. The molecule has 0 N–H and O–H groups in total. The molecule has 0 aromatic rings. The molecule has 1 heterocycles. The molecule has 15 heavy (non-hydrogen) atoms. The number of carbonyl (C=O) groups excluding carboxylic acids is 1. The molecular formula is C12H23NO2. The molecule has 88 valence electrons. The Morgan fingerprint density at radius 3 is 2.73 bits per heavy atom. The van der Waals surface area contributed by atoms with E-state index in [1.54, 1.807) is 0 Å². The molecule has 0 amide bonds. The number of Topliss-reactive ketones (excluding diaryl/α,β-unsaturated/α-hetero) is 1. The Bertz CT molecular complexity index is 200. The van der Waals surface area contributed by atoms with Crippen molar-refractivity contribution in [1.29, 1.82) is 0 Å². The molecule has 1 saturated heterocycles. The summed E-state index contributed by atoms with van der Waals surface area (Å²) in [5.74, 6) is 0.512. The number of carbonyl (C=O) groups is 1. The first-order valence-corrected chi connectivity index (χ1v) is 6.03. The molecule has 0 aromatic carbocycles. The second-order valence-electron chi connectivity index (χ2n) is 4.35. The van der Waals surface area contributed by atoms with E-state index in [4.69, 9.17) is 4.74 Å². The molecule has 3 nitrogen and oxygen atoms in total. The highest BCUT2D eigenvalue weighted by Gasteiger charge is 2.25. The van der Waals surface area contributed by atoms with Crippen molar-refractivity contribution < 1.29 is 9.53 Å². The molecule has 1 aliphatic heterocycles. The monoisotopic (exact) mass is 213 g/mol. The minimum absolute atomic E-state index is 0.156. The highest BCUT2D eigenvalue weighted by molar-refractivity contribution is 5.83. The van der Waals surface area contributed by atoms with Gasteiger partial charge < -0.3 is 4.74 Å². The van der Waals surface area contributed by atoms with E-state index in [0.717, 1.165) is 26.0 Å². The van der Waals surface area contributed by atoms with Crippen molar-refractivity contribution in [1.82, 2.24) is 4.90 Å². The number of rotatable bonds is 6. The molecule has 0 saturated carbocycles. The van der Waals surface area contributed by atoms with Gasteiger partial charge in [0.1, 0.15) is 0 Å². The van der Waals surface area contributed by atoms with Crippen LogP contribution in [0.4, 0.5) is 0 Å². The number of hydrogen-bond donors (Lipinski definition) is 0. The summed E-state index contributed by atoms with van der Waals surface area (Å²) in [7, 11) is 0. The lowest BCUT2D eigenvalue weighted by Crippen LogP contribution is -2.39. The highest BCUT2D eigenvalue weighted by atomic mass is 16.5. The van der Waals surface area contributed by atoms with E-state index < -0.39 is 0 Å². The minimum Gasteiger partial charge on any atom is -0.381 e. The van der Waals surface area contributed by atoms with Crippen LogP contribution in [0.2, 0.25) is 0 Å². The zero-order valence-corrected chi connectivity index (χ0v) is 10.2. The van der Waals surface area contributed by atoms with Gasteiger partial charge >= 0.3 is 0 Å². The fourth-order valence-electron chi connectivity index (χ4n) is 1.96. The van der Waals surface area contributed by atoms with E-state index in [9.17, 15) is 4.79 Å². The Morgan fingerprint density at radius 1 is 1.53 bits per heavy atom. The predicted octanol–water partition coefficient (Wildman–Crippen LogP) is 1.71. The summed E-state index contributed by atoms with van der Waals surface area (Å²) in [6.45, 7) is 9.40. The fraction of sp³-hybridized carbons (Fsp3) is 0.917. The first-order valence-electron chi connectivity index (χ1n) is 6.03. The Labute approximate surface area is 92.8 Å². The number of nitrogens with zero attached hydrogens (tertiary/aromatic N) is 1. The van der Waals surface area contributed by atoms with E-state index in [2.05, 4.69) is 25.7 Å². The standard InChI is InChI=1S/C12H23NO2/c1-4-10(3)13(5-2)8-12(14)11-6-7-15-9-11/h10-11H,4-9H2,1-3H3. The van der Waals surface area contributed by atoms with E-state index in [1.807, 2.05) is 0 Å². The van der Waals surface area contributed by atoms with Crippen molar-refractivity contribution >= 4 is 5.78 Å². The van der Waals surface area contributed by atoms with Crippen LogP contribution in [0, 0.1) is 5.92 Å². The van der Waals surface area contributed by atoms with Crippen LogP contribution in [-0.2, 0) is 9.53 Å². The van der Waals surface area contributed by atoms with Gasteiger partial charge in [0.05, 0.1) is 13.2 Å². The van der Waals surface area contributed by atoms with Crippen LogP contribution in [0.3, 0.4) is 0 Å². The van der Waals surface area contributed by atoms with Gasteiger partial charge in [0.25, 0.3) is 0 Å². The molecule has 0 bridgehead atoms. The van der Waals surface area contributed by atoms with Crippen LogP contribution in [0.1, 0.15) is 33.6 Å². The summed E-state index contributed by atoms with van der Waals surface area (Å²) in [5, 5.41) is 0. The molecule has 1 fully saturated rings. The summed E-state index contributed by atoms with van der Waals surface area (Å²) in [6.07, 6.45) is 2.01.